The van der Waals surface area contributed by atoms with E-state index in [1.165, 1.54) is 25.7 Å². The van der Waals surface area contributed by atoms with Gasteiger partial charge in [-0.1, -0.05) is 25.0 Å². The van der Waals surface area contributed by atoms with E-state index in [1.54, 1.807) is 6.20 Å². The number of nitrogens with two attached hydrogens (primary N) is 1. The van der Waals surface area contributed by atoms with Crippen molar-refractivity contribution < 1.29 is 4.79 Å². The summed E-state index contributed by atoms with van der Waals surface area (Å²) in [4.78, 5) is 16.9. The lowest BCUT2D eigenvalue weighted by atomic mass is 9.97. The SMILES string of the molecule is NCC(NC(=O)c1cccc2ncccc12)C1CCCC1. The highest BCUT2D eigenvalue weighted by molar-refractivity contribution is 6.06. The molecule has 21 heavy (non-hydrogen) atoms. The molecule has 1 aromatic carbocycles. The second-order valence-electron chi connectivity index (χ2n) is 5.74. The fourth-order valence-corrected chi connectivity index (χ4v) is 3.28. The number of fused-ring (bicyclic) bond motifs is 1. The van der Waals surface area contributed by atoms with E-state index in [-0.39, 0.29) is 11.9 Å². The van der Waals surface area contributed by atoms with Crippen LogP contribution in [0.25, 0.3) is 10.9 Å². The zero-order valence-corrected chi connectivity index (χ0v) is 12.1. The van der Waals surface area contributed by atoms with E-state index in [2.05, 4.69) is 10.3 Å². The van der Waals surface area contributed by atoms with Crippen molar-refractivity contribution in [2.45, 2.75) is 31.7 Å². The fourth-order valence-electron chi connectivity index (χ4n) is 3.28. The maximum Gasteiger partial charge on any atom is 0.252 e. The van der Waals surface area contributed by atoms with Crippen molar-refractivity contribution in [1.29, 1.82) is 0 Å². The third kappa shape index (κ3) is 2.90. The van der Waals surface area contributed by atoms with Gasteiger partial charge in [0.15, 0.2) is 0 Å². The molecule has 4 nitrogen and oxygen atoms in total. The van der Waals surface area contributed by atoms with Crippen LogP contribution in [0.5, 0.6) is 0 Å². The summed E-state index contributed by atoms with van der Waals surface area (Å²) in [6.07, 6.45) is 6.56. The van der Waals surface area contributed by atoms with E-state index in [9.17, 15) is 4.79 Å². The van der Waals surface area contributed by atoms with Crippen LogP contribution in [-0.4, -0.2) is 23.5 Å². The summed E-state index contributed by atoms with van der Waals surface area (Å²) in [7, 11) is 0. The molecular formula is C17H21N3O. The predicted molar refractivity (Wildman–Crippen MR) is 84.0 cm³/mol. The summed E-state index contributed by atoms with van der Waals surface area (Å²) in [6.45, 7) is 0.499. The molecule has 110 valence electrons. The van der Waals surface area contributed by atoms with E-state index in [0.717, 1.165) is 10.9 Å². The molecule has 0 aliphatic heterocycles. The molecule has 3 rings (SSSR count). The van der Waals surface area contributed by atoms with Gasteiger partial charge in [0.05, 0.1) is 5.52 Å². The second kappa shape index (κ2) is 6.22. The Bertz CT molecular complexity index is 629. The smallest absolute Gasteiger partial charge is 0.252 e. The van der Waals surface area contributed by atoms with Crippen molar-refractivity contribution in [3.8, 4) is 0 Å². The van der Waals surface area contributed by atoms with Crippen LogP contribution >= 0.6 is 0 Å². The van der Waals surface area contributed by atoms with Crippen molar-refractivity contribution in [2.24, 2.45) is 11.7 Å². The molecular weight excluding hydrogens is 262 g/mol. The molecule has 0 bridgehead atoms. The number of rotatable bonds is 4. The summed E-state index contributed by atoms with van der Waals surface area (Å²) >= 11 is 0. The quantitative estimate of drug-likeness (QED) is 0.905. The number of aromatic nitrogens is 1. The Morgan fingerprint density at radius 3 is 2.86 bits per heavy atom. The monoisotopic (exact) mass is 283 g/mol. The van der Waals surface area contributed by atoms with E-state index >= 15 is 0 Å². The van der Waals surface area contributed by atoms with Gasteiger partial charge in [-0.05, 0) is 37.0 Å². The Morgan fingerprint density at radius 1 is 1.29 bits per heavy atom. The van der Waals surface area contributed by atoms with Gasteiger partial charge in [-0.2, -0.15) is 0 Å². The molecule has 1 aromatic heterocycles. The van der Waals surface area contributed by atoms with E-state index in [0.29, 0.717) is 18.0 Å². The number of hydrogen-bond acceptors (Lipinski definition) is 3. The number of pyridine rings is 1. The first-order valence-corrected chi connectivity index (χ1v) is 7.64. The number of amides is 1. The highest BCUT2D eigenvalue weighted by Gasteiger charge is 2.25. The standard InChI is InChI=1S/C17H21N3O/c18-11-16(12-5-1-2-6-12)20-17(21)14-7-3-9-15-13(14)8-4-10-19-15/h3-4,7-10,12,16H,1-2,5-6,11,18H2,(H,20,21). The van der Waals surface area contributed by atoms with Crippen molar-refractivity contribution in [3.63, 3.8) is 0 Å². The highest BCUT2D eigenvalue weighted by atomic mass is 16.1. The van der Waals surface area contributed by atoms with Gasteiger partial charge in [0.25, 0.3) is 5.91 Å². The Kier molecular flexibility index (Phi) is 4.15. The lowest BCUT2D eigenvalue weighted by Gasteiger charge is -2.23. The molecule has 1 fully saturated rings. The van der Waals surface area contributed by atoms with Crippen molar-refractivity contribution >= 4 is 16.8 Å². The van der Waals surface area contributed by atoms with Crippen LogP contribution in [-0.2, 0) is 0 Å². The van der Waals surface area contributed by atoms with Gasteiger partial charge < -0.3 is 11.1 Å². The number of hydrogen-bond donors (Lipinski definition) is 2. The topological polar surface area (TPSA) is 68.0 Å². The van der Waals surface area contributed by atoms with E-state index < -0.39 is 0 Å². The molecule has 4 heteroatoms. The zero-order chi connectivity index (χ0) is 14.7. The first-order chi connectivity index (χ1) is 10.3. The number of nitrogens with zero attached hydrogens (tertiary/aromatic N) is 1. The summed E-state index contributed by atoms with van der Waals surface area (Å²) in [5, 5.41) is 4.01. The van der Waals surface area contributed by atoms with Crippen LogP contribution in [0, 0.1) is 5.92 Å². The Labute approximate surface area is 124 Å². The first-order valence-electron chi connectivity index (χ1n) is 7.64. The molecule has 1 aliphatic rings. The molecule has 1 aliphatic carbocycles. The molecule has 0 saturated heterocycles. The van der Waals surface area contributed by atoms with Crippen LogP contribution in [0.15, 0.2) is 36.5 Å². The van der Waals surface area contributed by atoms with E-state index in [1.807, 2.05) is 30.3 Å². The molecule has 3 N–H and O–H groups in total. The molecule has 1 amide bonds. The summed E-state index contributed by atoms with van der Waals surface area (Å²) in [5.41, 5.74) is 7.39. The minimum atomic E-state index is -0.0454. The fraction of sp³-hybridized carbons (Fsp3) is 0.412. The maximum atomic E-state index is 12.6. The largest absolute Gasteiger partial charge is 0.348 e. The number of benzene rings is 1. The van der Waals surface area contributed by atoms with Crippen LogP contribution in [0.1, 0.15) is 36.0 Å². The van der Waals surface area contributed by atoms with Gasteiger partial charge in [-0.3, -0.25) is 9.78 Å². The summed E-state index contributed by atoms with van der Waals surface area (Å²) in [5.74, 6) is 0.475. The van der Waals surface area contributed by atoms with Crippen LogP contribution < -0.4 is 11.1 Å². The van der Waals surface area contributed by atoms with Gasteiger partial charge in [0.1, 0.15) is 0 Å². The maximum absolute atomic E-state index is 12.6. The molecule has 1 atom stereocenters. The van der Waals surface area contributed by atoms with Gasteiger partial charge in [-0.15, -0.1) is 0 Å². The third-order valence-electron chi connectivity index (χ3n) is 4.43. The molecule has 2 aromatic rings. The van der Waals surface area contributed by atoms with Gasteiger partial charge in [0.2, 0.25) is 0 Å². The van der Waals surface area contributed by atoms with Crippen LogP contribution in [0.2, 0.25) is 0 Å². The van der Waals surface area contributed by atoms with Gasteiger partial charge >= 0.3 is 0 Å². The highest BCUT2D eigenvalue weighted by Crippen LogP contribution is 2.27. The second-order valence-corrected chi connectivity index (χ2v) is 5.74. The normalized spacial score (nSPS) is 17.0. The minimum Gasteiger partial charge on any atom is -0.348 e. The van der Waals surface area contributed by atoms with Crippen LogP contribution in [0.4, 0.5) is 0 Å². The number of nitrogens with one attached hydrogen (secondary N) is 1. The summed E-state index contributed by atoms with van der Waals surface area (Å²) < 4.78 is 0. The summed E-state index contributed by atoms with van der Waals surface area (Å²) in [6, 6.07) is 9.51. The number of carbonyl (C=O) groups is 1. The van der Waals surface area contributed by atoms with Crippen molar-refractivity contribution in [3.05, 3.63) is 42.1 Å². The average Bonchev–Trinajstić information content (AvgIpc) is 3.06. The van der Waals surface area contributed by atoms with Gasteiger partial charge in [0, 0.05) is 29.7 Å². The predicted octanol–water partition coefficient (Wildman–Crippen LogP) is 2.48. The first kappa shape index (κ1) is 14.0. The van der Waals surface area contributed by atoms with Gasteiger partial charge in [-0.25, -0.2) is 0 Å². The minimum absolute atomic E-state index is 0.0454. The molecule has 0 spiro atoms. The number of carbonyl (C=O) groups excluding carboxylic acids is 1. The Morgan fingerprint density at radius 2 is 2.10 bits per heavy atom. The van der Waals surface area contributed by atoms with Crippen molar-refractivity contribution in [1.82, 2.24) is 10.3 Å². The molecule has 0 radical (unpaired) electrons. The van der Waals surface area contributed by atoms with Crippen molar-refractivity contribution in [2.75, 3.05) is 6.54 Å². The molecule has 1 heterocycles. The Balaban J connectivity index is 1.83. The molecule has 1 unspecified atom stereocenters. The Hall–Kier alpha value is -1.94. The lowest BCUT2D eigenvalue weighted by molar-refractivity contribution is 0.0926. The average molecular weight is 283 g/mol. The third-order valence-corrected chi connectivity index (χ3v) is 4.43. The van der Waals surface area contributed by atoms with Crippen LogP contribution in [0.3, 0.4) is 0 Å². The lowest BCUT2D eigenvalue weighted by Crippen LogP contribution is -2.44. The van der Waals surface area contributed by atoms with E-state index in [4.69, 9.17) is 5.73 Å². The molecule has 1 saturated carbocycles. The zero-order valence-electron chi connectivity index (χ0n) is 12.1.